The number of methoxy groups -OCH3 is 2. The number of nitrogens with zero attached hydrogens (tertiary/aromatic N) is 2. The number of nitrogens with two attached hydrogens (primary N) is 1. The molecule has 3 aromatic rings. The predicted molar refractivity (Wildman–Crippen MR) is 125 cm³/mol. The van der Waals surface area contributed by atoms with Crippen molar-refractivity contribution in [3.05, 3.63) is 65.5 Å². The van der Waals surface area contributed by atoms with E-state index < -0.39 is 17.9 Å². The lowest BCUT2D eigenvalue weighted by Crippen LogP contribution is -2.11. The average molecular weight is 465 g/mol. The molecule has 11 nitrogen and oxygen atoms in total. The van der Waals surface area contributed by atoms with Gasteiger partial charge in [-0.25, -0.2) is 24.4 Å². The molecule has 0 radical (unpaired) electrons. The molecule has 1 aromatic heterocycles. The average Bonchev–Trinajstić information content (AvgIpc) is 2.85. The first kappa shape index (κ1) is 24.0. The van der Waals surface area contributed by atoms with Crippen LogP contribution in [0, 0.1) is 0 Å². The number of carbonyl (C=O) groups is 3. The fourth-order valence-electron chi connectivity index (χ4n) is 3.01. The van der Waals surface area contributed by atoms with Gasteiger partial charge in [0.05, 0.1) is 43.2 Å². The minimum Gasteiger partial charge on any atom is -0.465 e. The highest BCUT2D eigenvalue weighted by Crippen LogP contribution is 2.30. The van der Waals surface area contributed by atoms with Gasteiger partial charge in [0, 0.05) is 5.69 Å². The van der Waals surface area contributed by atoms with E-state index in [1.54, 1.807) is 31.2 Å². The summed E-state index contributed by atoms with van der Waals surface area (Å²) in [4.78, 5) is 44.6. The van der Waals surface area contributed by atoms with E-state index in [-0.39, 0.29) is 35.1 Å². The van der Waals surface area contributed by atoms with E-state index in [1.807, 2.05) is 0 Å². The van der Waals surface area contributed by atoms with Gasteiger partial charge >= 0.3 is 17.9 Å². The van der Waals surface area contributed by atoms with E-state index in [4.69, 9.17) is 19.9 Å². The van der Waals surface area contributed by atoms with Gasteiger partial charge in [-0.15, -0.1) is 0 Å². The Hall–Kier alpha value is -4.67. The van der Waals surface area contributed by atoms with Crippen molar-refractivity contribution in [3.8, 4) is 0 Å². The molecular formula is C23H23N5O6. The molecule has 0 amide bonds. The van der Waals surface area contributed by atoms with E-state index in [1.165, 1.54) is 38.7 Å². The molecule has 4 N–H and O–H groups in total. The smallest absolute Gasteiger partial charge is 0.340 e. The van der Waals surface area contributed by atoms with E-state index >= 15 is 0 Å². The quantitative estimate of drug-likeness (QED) is 0.331. The Morgan fingerprint density at radius 1 is 0.882 bits per heavy atom. The zero-order valence-electron chi connectivity index (χ0n) is 18.7. The Morgan fingerprint density at radius 2 is 1.47 bits per heavy atom. The van der Waals surface area contributed by atoms with Crippen LogP contribution < -0.4 is 16.4 Å². The Labute approximate surface area is 195 Å². The van der Waals surface area contributed by atoms with Crippen LogP contribution in [0.25, 0.3) is 0 Å². The van der Waals surface area contributed by atoms with Crippen molar-refractivity contribution in [1.29, 1.82) is 0 Å². The number of esters is 3. The molecule has 0 aliphatic rings. The summed E-state index contributed by atoms with van der Waals surface area (Å²) in [5, 5.41) is 5.99. The van der Waals surface area contributed by atoms with Gasteiger partial charge < -0.3 is 30.6 Å². The first-order chi connectivity index (χ1) is 16.4. The molecule has 0 atom stereocenters. The molecule has 11 heteroatoms. The molecule has 0 aliphatic heterocycles. The lowest BCUT2D eigenvalue weighted by molar-refractivity contribution is 0.0525. The second-order valence-electron chi connectivity index (χ2n) is 6.78. The number of benzene rings is 2. The number of aromatic nitrogens is 2. The molecule has 0 spiro atoms. The van der Waals surface area contributed by atoms with E-state index in [0.29, 0.717) is 16.9 Å². The maximum absolute atomic E-state index is 12.3. The molecule has 0 aliphatic carbocycles. The topological polar surface area (TPSA) is 155 Å². The van der Waals surface area contributed by atoms with Crippen LogP contribution >= 0.6 is 0 Å². The van der Waals surface area contributed by atoms with Crippen LogP contribution in [0.3, 0.4) is 0 Å². The van der Waals surface area contributed by atoms with Crippen LogP contribution in [0.15, 0.2) is 48.8 Å². The van der Waals surface area contributed by atoms with Crippen molar-refractivity contribution in [2.75, 3.05) is 37.2 Å². The molecule has 3 rings (SSSR count). The highest BCUT2D eigenvalue weighted by Gasteiger charge is 2.17. The number of carbonyl (C=O) groups excluding carboxylic acids is 3. The van der Waals surface area contributed by atoms with Crippen LogP contribution in [0.4, 0.5) is 28.7 Å². The second-order valence-corrected chi connectivity index (χ2v) is 6.78. The maximum atomic E-state index is 12.3. The fraction of sp³-hybridized carbons (Fsp3) is 0.174. The zero-order valence-corrected chi connectivity index (χ0v) is 18.7. The largest absolute Gasteiger partial charge is 0.465 e. The first-order valence-corrected chi connectivity index (χ1v) is 10.1. The Kier molecular flexibility index (Phi) is 7.60. The molecule has 1 heterocycles. The summed E-state index contributed by atoms with van der Waals surface area (Å²) in [5.41, 5.74) is 7.74. The molecule has 2 aromatic carbocycles. The summed E-state index contributed by atoms with van der Waals surface area (Å²) < 4.78 is 14.6. The van der Waals surface area contributed by atoms with Crippen LogP contribution in [-0.4, -0.2) is 48.7 Å². The third-order valence-electron chi connectivity index (χ3n) is 4.60. The van der Waals surface area contributed by atoms with Crippen molar-refractivity contribution in [3.63, 3.8) is 0 Å². The van der Waals surface area contributed by atoms with Gasteiger partial charge in [0.15, 0.2) is 11.6 Å². The van der Waals surface area contributed by atoms with Gasteiger partial charge in [0.2, 0.25) is 0 Å². The van der Waals surface area contributed by atoms with Crippen LogP contribution in [0.5, 0.6) is 0 Å². The number of anilines is 5. The summed E-state index contributed by atoms with van der Waals surface area (Å²) in [6.45, 7) is 1.95. The summed E-state index contributed by atoms with van der Waals surface area (Å²) in [7, 11) is 2.46. The maximum Gasteiger partial charge on any atom is 0.340 e. The van der Waals surface area contributed by atoms with Crippen molar-refractivity contribution >= 4 is 46.6 Å². The van der Waals surface area contributed by atoms with Crippen molar-refractivity contribution in [2.45, 2.75) is 6.92 Å². The number of nitrogen functional groups attached to an aromatic ring is 1. The summed E-state index contributed by atoms with van der Waals surface area (Å²) in [6.07, 6.45) is 1.26. The second kappa shape index (κ2) is 10.8. The summed E-state index contributed by atoms with van der Waals surface area (Å²) in [5.74, 6) is -1.34. The molecule has 34 heavy (non-hydrogen) atoms. The van der Waals surface area contributed by atoms with Gasteiger partial charge in [-0.3, -0.25) is 0 Å². The number of nitrogens with one attached hydrogen (secondary N) is 2. The lowest BCUT2D eigenvalue weighted by atomic mass is 10.1. The molecule has 0 saturated carbocycles. The highest BCUT2D eigenvalue weighted by atomic mass is 16.5. The van der Waals surface area contributed by atoms with Crippen molar-refractivity contribution in [1.82, 2.24) is 9.97 Å². The normalized spacial score (nSPS) is 10.2. The number of hydrogen-bond acceptors (Lipinski definition) is 11. The van der Waals surface area contributed by atoms with Crippen LogP contribution in [0.2, 0.25) is 0 Å². The molecular weight excluding hydrogens is 442 g/mol. The van der Waals surface area contributed by atoms with Gasteiger partial charge in [0.25, 0.3) is 0 Å². The van der Waals surface area contributed by atoms with E-state index in [0.717, 1.165) is 0 Å². The Morgan fingerprint density at radius 3 is 2.06 bits per heavy atom. The summed E-state index contributed by atoms with van der Waals surface area (Å²) >= 11 is 0. The van der Waals surface area contributed by atoms with E-state index in [9.17, 15) is 14.4 Å². The zero-order chi connectivity index (χ0) is 24.7. The third-order valence-corrected chi connectivity index (χ3v) is 4.60. The molecule has 0 bridgehead atoms. The number of para-hydroxylation sites is 1. The fourth-order valence-corrected chi connectivity index (χ4v) is 3.01. The third kappa shape index (κ3) is 5.38. The minimum absolute atomic E-state index is 0.127. The van der Waals surface area contributed by atoms with Gasteiger partial charge in [0.1, 0.15) is 12.0 Å². The highest BCUT2D eigenvalue weighted by molar-refractivity contribution is 5.98. The van der Waals surface area contributed by atoms with Gasteiger partial charge in [-0.2, -0.15) is 0 Å². The Balaban J connectivity index is 1.94. The molecule has 176 valence electrons. The van der Waals surface area contributed by atoms with Crippen molar-refractivity contribution < 1.29 is 28.6 Å². The molecule has 0 unspecified atom stereocenters. The number of rotatable bonds is 8. The van der Waals surface area contributed by atoms with Gasteiger partial charge in [-0.1, -0.05) is 12.1 Å². The monoisotopic (exact) mass is 465 g/mol. The lowest BCUT2D eigenvalue weighted by Gasteiger charge is -2.15. The standard InChI is InChI=1S/C23H23N5O6/c1-4-34-23(31)16-7-5-6-8-17(16)28-20-18(24)19(25-12-26-20)27-15-10-13(21(29)32-2)9-14(11-15)22(30)33-3/h5-12H,4,24H2,1-3H3,(H2,25,26,27,28). The van der Waals surface area contributed by atoms with E-state index in [2.05, 4.69) is 20.6 Å². The summed E-state index contributed by atoms with van der Waals surface area (Å²) in [6, 6.07) is 11.1. The Bertz CT molecular complexity index is 1200. The van der Waals surface area contributed by atoms with Crippen LogP contribution in [0.1, 0.15) is 38.0 Å². The first-order valence-electron chi connectivity index (χ1n) is 10.1. The SMILES string of the molecule is CCOC(=O)c1ccccc1Nc1ncnc(Nc2cc(C(=O)OC)cc(C(=O)OC)c2)c1N. The van der Waals surface area contributed by atoms with Crippen LogP contribution in [-0.2, 0) is 14.2 Å². The molecule has 0 saturated heterocycles. The minimum atomic E-state index is -0.637. The number of ether oxygens (including phenoxy) is 3. The predicted octanol–water partition coefficient (Wildman–Crippen LogP) is 3.30. The van der Waals surface area contributed by atoms with Gasteiger partial charge in [-0.05, 0) is 37.3 Å². The van der Waals surface area contributed by atoms with Crippen molar-refractivity contribution in [2.24, 2.45) is 0 Å². The number of hydrogen-bond donors (Lipinski definition) is 3. The molecule has 0 fully saturated rings.